The zero-order chi connectivity index (χ0) is 17.9. The normalized spacial score (nSPS) is 22.5. The fourth-order valence-corrected chi connectivity index (χ4v) is 4.09. The Morgan fingerprint density at radius 1 is 1.15 bits per heavy atom. The van der Waals surface area contributed by atoms with Crippen molar-refractivity contribution in [1.82, 2.24) is 9.47 Å². The van der Waals surface area contributed by atoms with Crippen molar-refractivity contribution in [2.24, 2.45) is 5.92 Å². The highest BCUT2D eigenvalue weighted by Crippen LogP contribution is 2.30. The maximum Gasteiger partial charge on any atom is 0.256 e. The first-order valence-corrected chi connectivity index (χ1v) is 9.52. The van der Waals surface area contributed by atoms with E-state index >= 15 is 0 Å². The third-order valence-electron chi connectivity index (χ3n) is 5.48. The molecule has 3 heterocycles. The molecule has 0 spiro atoms. The molecule has 1 aromatic heterocycles. The standard InChI is InChI=1S/C20H26F2N2O2/c21-20(22)13-24-10-6-17-18(24)2-1-3-19(17)26-16-4-8-23(9-5-16)12-15-7-11-25-14-15/h1-3,6,10,15-16,20H,4-5,7-9,11-14H2. The fraction of sp³-hybridized carbons (Fsp3) is 0.600. The van der Waals surface area contributed by atoms with E-state index in [2.05, 4.69) is 4.90 Å². The van der Waals surface area contributed by atoms with Gasteiger partial charge in [-0.2, -0.15) is 0 Å². The molecule has 0 N–H and O–H groups in total. The van der Waals surface area contributed by atoms with E-state index in [1.807, 2.05) is 24.3 Å². The van der Waals surface area contributed by atoms with E-state index in [-0.39, 0.29) is 12.6 Å². The maximum absolute atomic E-state index is 12.7. The maximum atomic E-state index is 12.7. The molecule has 2 saturated heterocycles. The lowest BCUT2D eigenvalue weighted by Gasteiger charge is -2.33. The van der Waals surface area contributed by atoms with E-state index in [9.17, 15) is 8.78 Å². The van der Waals surface area contributed by atoms with Crippen molar-refractivity contribution in [2.75, 3.05) is 32.8 Å². The van der Waals surface area contributed by atoms with Gasteiger partial charge < -0.3 is 18.9 Å². The molecule has 0 aliphatic carbocycles. The third-order valence-corrected chi connectivity index (χ3v) is 5.48. The van der Waals surface area contributed by atoms with Crippen LogP contribution in [0.5, 0.6) is 5.75 Å². The minimum absolute atomic E-state index is 0.190. The van der Waals surface area contributed by atoms with E-state index in [1.54, 1.807) is 10.8 Å². The van der Waals surface area contributed by atoms with Crippen LogP contribution in [0.1, 0.15) is 19.3 Å². The lowest BCUT2D eigenvalue weighted by molar-refractivity contribution is 0.0890. The van der Waals surface area contributed by atoms with E-state index in [0.717, 1.165) is 62.3 Å². The van der Waals surface area contributed by atoms with Crippen molar-refractivity contribution in [3.05, 3.63) is 30.5 Å². The summed E-state index contributed by atoms with van der Waals surface area (Å²) in [7, 11) is 0. The number of halogens is 2. The van der Waals surface area contributed by atoms with Gasteiger partial charge in [-0.25, -0.2) is 8.78 Å². The fourth-order valence-electron chi connectivity index (χ4n) is 4.09. The highest BCUT2D eigenvalue weighted by Gasteiger charge is 2.25. The summed E-state index contributed by atoms with van der Waals surface area (Å²) in [4.78, 5) is 2.51. The van der Waals surface area contributed by atoms with Gasteiger partial charge in [0.25, 0.3) is 6.43 Å². The van der Waals surface area contributed by atoms with Gasteiger partial charge in [-0.05, 0) is 43.4 Å². The minimum Gasteiger partial charge on any atom is -0.490 e. The second-order valence-corrected chi connectivity index (χ2v) is 7.40. The first kappa shape index (κ1) is 17.7. The molecule has 0 radical (unpaired) electrons. The zero-order valence-electron chi connectivity index (χ0n) is 14.9. The Labute approximate surface area is 152 Å². The number of hydrogen-bond donors (Lipinski definition) is 0. The number of ether oxygens (including phenoxy) is 2. The van der Waals surface area contributed by atoms with Crippen LogP contribution in [0.2, 0.25) is 0 Å². The Morgan fingerprint density at radius 2 is 2.00 bits per heavy atom. The van der Waals surface area contributed by atoms with Gasteiger partial charge in [0.1, 0.15) is 11.9 Å². The molecular weight excluding hydrogens is 338 g/mol. The Balaban J connectivity index is 1.36. The number of piperidine rings is 1. The van der Waals surface area contributed by atoms with E-state index in [4.69, 9.17) is 9.47 Å². The molecule has 6 heteroatoms. The largest absolute Gasteiger partial charge is 0.490 e. The van der Waals surface area contributed by atoms with Crippen molar-refractivity contribution in [2.45, 2.75) is 38.3 Å². The van der Waals surface area contributed by atoms with E-state index in [0.29, 0.717) is 5.92 Å². The zero-order valence-corrected chi connectivity index (χ0v) is 14.9. The van der Waals surface area contributed by atoms with Gasteiger partial charge in [0.05, 0.1) is 18.7 Å². The molecule has 2 aromatic rings. The van der Waals surface area contributed by atoms with Gasteiger partial charge in [0.2, 0.25) is 0 Å². The van der Waals surface area contributed by atoms with Crippen LogP contribution in [-0.2, 0) is 11.3 Å². The first-order valence-electron chi connectivity index (χ1n) is 9.52. The Hall–Kier alpha value is -1.66. The SMILES string of the molecule is FC(F)Cn1ccc2c(OC3CCN(CC4CCOC4)CC3)cccc21. The molecule has 142 valence electrons. The Morgan fingerprint density at radius 3 is 2.73 bits per heavy atom. The van der Waals surface area contributed by atoms with Gasteiger partial charge in [0, 0.05) is 37.8 Å². The summed E-state index contributed by atoms with van der Waals surface area (Å²) in [5, 5.41) is 0.915. The van der Waals surface area contributed by atoms with Crippen LogP contribution >= 0.6 is 0 Å². The van der Waals surface area contributed by atoms with Crippen molar-refractivity contribution in [3.8, 4) is 5.75 Å². The third kappa shape index (κ3) is 4.01. The smallest absolute Gasteiger partial charge is 0.256 e. The van der Waals surface area contributed by atoms with Crippen molar-refractivity contribution in [3.63, 3.8) is 0 Å². The van der Waals surface area contributed by atoms with Gasteiger partial charge in [-0.1, -0.05) is 6.07 Å². The molecule has 1 atom stereocenters. The summed E-state index contributed by atoms with van der Waals surface area (Å²) in [6.45, 7) is 4.73. The average molecular weight is 364 g/mol. The minimum atomic E-state index is -2.36. The van der Waals surface area contributed by atoms with Crippen LogP contribution in [-0.4, -0.2) is 54.8 Å². The molecule has 0 saturated carbocycles. The molecule has 4 rings (SSSR count). The van der Waals surface area contributed by atoms with Gasteiger partial charge in [-0.15, -0.1) is 0 Å². The Kier molecular flexibility index (Phi) is 5.41. The second kappa shape index (κ2) is 7.92. The molecule has 1 unspecified atom stereocenters. The quantitative estimate of drug-likeness (QED) is 0.780. The van der Waals surface area contributed by atoms with Crippen LogP contribution in [0.3, 0.4) is 0 Å². The monoisotopic (exact) mass is 364 g/mol. The molecule has 0 amide bonds. The number of fused-ring (bicyclic) bond motifs is 1. The molecule has 2 aliphatic rings. The van der Waals surface area contributed by atoms with Crippen LogP contribution in [0.4, 0.5) is 8.78 Å². The summed E-state index contributed by atoms with van der Waals surface area (Å²) in [5.41, 5.74) is 0.807. The summed E-state index contributed by atoms with van der Waals surface area (Å²) in [6.07, 6.45) is 2.73. The molecule has 2 fully saturated rings. The number of benzene rings is 1. The predicted molar refractivity (Wildman–Crippen MR) is 97.0 cm³/mol. The van der Waals surface area contributed by atoms with Crippen molar-refractivity contribution < 1.29 is 18.3 Å². The topological polar surface area (TPSA) is 26.6 Å². The van der Waals surface area contributed by atoms with Crippen LogP contribution in [0.25, 0.3) is 10.9 Å². The molecule has 4 nitrogen and oxygen atoms in total. The number of rotatable bonds is 6. The highest BCUT2D eigenvalue weighted by molar-refractivity contribution is 5.86. The lowest BCUT2D eigenvalue weighted by Crippen LogP contribution is -2.40. The number of likely N-dealkylation sites (tertiary alicyclic amines) is 1. The highest BCUT2D eigenvalue weighted by atomic mass is 19.3. The lowest BCUT2D eigenvalue weighted by atomic mass is 10.0. The van der Waals surface area contributed by atoms with Crippen molar-refractivity contribution in [1.29, 1.82) is 0 Å². The second-order valence-electron chi connectivity index (χ2n) is 7.40. The Bertz CT molecular complexity index is 720. The molecule has 26 heavy (non-hydrogen) atoms. The molecule has 1 aromatic carbocycles. The average Bonchev–Trinajstić information content (AvgIpc) is 3.27. The van der Waals surface area contributed by atoms with Gasteiger partial charge >= 0.3 is 0 Å². The number of hydrogen-bond acceptors (Lipinski definition) is 3. The van der Waals surface area contributed by atoms with Crippen molar-refractivity contribution >= 4 is 10.9 Å². The number of alkyl halides is 2. The van der Waals surface area contributed by atoms with E-state index < -0.39 is 6.43 Å². The molecule has 0 bridgehead atoms. The number of aromatic nitrogens is 1. The van der Waals surface area contributed by atoms with Crippen LogP contribution < -0.4 is 4.74 Å². The summed E-state index contributed by atoms with van der Waals surface area (Å²) in [6, 6.07) is 7.57. The summed E-state index contributed by atoms with van der Waals surface area (Å²) >= 11 is 0. The summed E-state index contributed by atoms with van der Waals surface area (Å²) < 4.78 is 38.7. The van der Waals surface area contributed by atoms with Gasteiger partial charge in [0.15, 0.2) is 0 Å². The van der Waals surface area contributed by atoms with E-state index in [1.165, 1.54) is 6.42 Å². The molecular formula is C20H26F2N2O2. The van der Waals surface area contributed by atoms with Crippen LogP contribution in [0, 0.1) is 5.92 Å². The molecule has 2 aliphatic heterocycles. The van der Waals surface area contributed by atoms with Gasteiger partial charge in [-0.3, -0.25) is 0 Å². The summed E-state index contributed by atoms with van der Waals surface area (Å²) in [5.74, 6) is 1.48. The first-order chi connectivity index (χ1) is 12.7. The number of nitrogens with zero attached hydrogens (tertiary/aromatic N) is 2. The van der Waals surface area contributed by atoms with Crippen LogP contribution in [0.15, 0.2) is 30.5 Å². The predicted octanol–water partition coefficient (Wildman–Crippen LogP) is 3.79.